The Morgan fingerprint density at radius 1 is 1.47 bits per heavy atom. The van der Waals surface area contributed by atoms with Crippen molar-refractivity contribution >= 4 is 21.6 Å². The summed E-state index contributed by atoms with van der Waals surface area (Å²) in [5.41, 5.74) is 3.74. The van der Waals surface area contributed by atoms with Crippen molar-refractivity contribution in [1.29, 1.82) is 0 Å². The summed E-state index contributed by atoms with van der Waals surface area (Å²) in [6, 6.07) is 4.48. The minimum absolute atomic E-state index is 0.801. The molecule has 0 atom stereocenters. The molecule has 90 valence electrons. The lowest BCUT2D eigenvalue weighted by atomic mass is 10.2. The van der Waals surface area contributed by atoms with Crippen LogP contribution in [0.1, 0.15) is 49.8 Å². The van der Waals surface area contributed by atoms with Gasteiger partial charge in [-0.05, 0) is 65.2 Å². The predicted molar refractivity (Wildman–Crippen MR) is 73.5 cm³/mol. The van der Waals surface area contributed by atoms with Crippen molar-refractivity contribution in [3.8, 4) is 0 Å². The number of imidazole rings is 1. The maximum atomic E-state index is 4.74. The van der Waals surface area contributed by atoms with Gasteiger partial charge >= 0.3 is 0 Å². The smallest absolute Gasteiger partial charge is 0.138 e. The largest absolute Gasteiger partial charge is 0.294 e. The zero-order valence-electron chi connectivity index (χ0n) is 10.1. The highest BCUT2D eigenvalue weighted by molar-refractivity contribution is 9.10. The molecule has 0 unspecified atom stereocenters. The van der Waals surface area contributed by atoms with Gasteiger partial charge in [-0.3, -0.25) is 4.40 Å². The number of rotatable bonds is 4. The molecule has 2 heterocycles. The summed E-state index contributed by atoms with van der Waals surface area (Å²) in [5.74, 6) is 0.801. The zero-order valence-corrected chi connectivity index (χ0v) is 11.7. The summed E-state index contributed by atoms with van der Waals surface area (Å²) < 4.78 is 3.28. The van der Waals surface area contributed by atoms with Crippen LogP contribution < -0.4 is 0 Å². The summed E-state index contributed by atoms with van der Waals surface area (Å²) >= 11 is 3.66. The fourth-order valence-electron chi connectivity index (χ4n) is 2.25. The number of aromatic nitrogens is 2. The molecular weight excluding hydrogens is 276 g/mol. The van der Waals surface area contributed by atoms with Gasteiger partial charge in [0, 0.05) is 6.20 Å². The highest BCUT2D eigenvalue weighted by atomic mass is 79.9. The third-order valence-electron chi connectivity index (χ3n) is 3.47. The molecule has 0 aliphatic heterocycles. The monoisotopic (exact) mass is 292 g/mol. The summed E-state index contributed by atoms with van der Waals surface area (Å²) in [5, 5.41) is 0. The second-order valence-electron chi connectivity index (χ2n) is 4.92. The summed E-state index contributed by atoms with van der Waals surface area (Å²) in [6.07, 6.45) is 8.33. The molecule has 0 radical (unpaired) electrons. The van der Waals surface area contributed by atoms with Gasteiger partial charge in [-0.15, -0.1) is 0 Å². The first kappa shape index (κ1) is 11.3. The van der Waals surface area contributed by atoms with Gasteiger partial charge in [0.2, 0.25) is 0 Å². The highest BCUT2D eigenvalue weighted by Crippen LogP contribution is 2.40. The second-order valence-corrected chi connectivity index (χ2v) is 5.67. The standard InChI is InChI=1S/C14H17BrN2/c1-2-3-4-12-14(15)17-8-7-11(10-5-6-10)9-13(17)16-12/h7-10H,2-6H2,1H3. The predicted octanol–water partition coefficient (Wildman–Crippen LogP) is 4.32. The molecule has 1 aliphatic rings. The van der Waals surface area contributed by atoms with E-state index in [1.54, 1.807) is 0 Å². The van der Waals surface area contributed by atoms with Crippen molar-refractivity contribution in [1.82, 2.24) is 9.38 Å². The Bertz CT molecular complexity index is 540. The van der Waals surface area contributed by atoms with Crippen LogP contribution in [-0.2, 0) is 6.42 Å². The molecule has 0 N–H and O–H groups in total. The fraction of sp³-hybridized carbons (Fsp3) is 0.500. The lowest BCUT2D eigenvalue weighted by Gasteiger charge is -1.99. The van der Waals surface area contributed by atoms with Crippen LogP contribution in [0.2, 0.25) is 0 Å². The van der Waals surface area contributed by atoms with E-state index in [4.69, 9.17) is 4.98 Å². The maximum absolute atomic E-state index is 4.74. The van der Waals surface area contributed by atoms with Crippen molar-refractivity contribution in [3.05, 3.63) is 34.2 Å². The molecule has 2 aromatic rings. The van der Waals surface area contributed by atoms with Crippen LogP contribution in [0.3, 0.4) is 0 Å². The van der Waals surface area contributed by atoms with E-state index >= 15 is 0 Å². The van der Waals surface area contributed by atoms with Crippen molar-refractivity contribution in [2.75, 3.05) is 0 Å². The molecule has 2 nitrogen and oxygen atoms in total. The number of unbranched alkanes of at least 4 members (excludes halogenated alkanes) is 1. The van der Waals surface area contributed by atoms with E-state index in [9.17, 15) is 0 Å². The van der Waals surface area contributed by atoms with E-state index in [0.29, 0.717) is 0 Å². The van der Waals surface area contributed by atoms with Crippen LogP contribution in [0.5, 0.6) is 0 Å². The van der Waals surface area contributed by atoms with Gasteiger partial charge in [0.15, 0.2) is 0 Å². The lowest BCUT2D eigenvalue weighted by molar-refractivity contribution is 0.778. The molecule has 0 spiro atoms. The normalized spacial score (nSPS) is 15.6. The molecule has 0 aromatic carbocycles. The Hall–Kier alpha value is -0.830. The average molecular weight is 293 g/mol. The zero-order chi connectivity index (χ0) is 11.8. The molecule has 2 aromatic heterocycles. The first-order valence-corrected chi connectivity index (χ1v) is 7.25. The van der Waals surface area contributed by atoms with Gasteiger partial charge in [0.1, 0.15) is 10.3 Å². The molecule has 17 heavy (non-hydrogen) atoms. The Morgan fingerprint density at radius 3 is 3.00 bits per heavy atom. The SMILES string of the molecule is CCCCc1nc2cc(C3CC3)ccn2c1Br. The van der Waals surface area contributed by atoms with Crippen LogP contribution in [0.15, 0.2) is 22.9 Å². The van der Waals surface area contributed by atoms with Crippen LogP contribution >= 0.6 is 15.9 Å². The Balaban J connectivity index is 1.99. The lowest BCUT2D eigenvalue weighted by Crippen LogP contribution is -1.87. The third-order valence-corrected chi connectivity index (χ3v) is 4.31. The van der Waals surface area contributed by atoms with Gasteiger partial charge in [-0.1, -0.05) is 13.3 Å². The molecule has 1 aliphatic carbocycles. The van der Waals surface area contributed by atoms with Crippen LogP contribution in [0, 0.1) is 0 Å². The van der Waals surface area contributed by atoms with Crippen molar-refractivity contribution in [2.24, 2.45) is 0 Å². The first-order valence-electron chi connectivity index (χ1n) is 6.46. The Labute approximate surface area is 110 Å². The minimum atomic E-state index is 0.801. The van der Waals surface area contributed by atoms with E-state index in [0.717, 1.165) is 22.6 Å². The van der Waals surface area contributed by atoms with Gasteiger partial charge < -0.3 is 0 Å². The number of pyridine rings is 1. The van der Waals surface area contributed by atoms with Crippen molar-refractivity contribution < 1.29 is 0 Å². The molecular formula is C14H17BrN2. The fourth-order valence-corrected chi connectivity index (χ4v) is 2.84. The molecule has 3 rings (SSSR count). The number of fused-ring (bicyclic) bond motifs is 1. The second kappa shape index (κ2) is 4.45. The molecule has 0 saturated heterocycles. The first-order chi connectivity index (χ1) is 8.29. The maximum Gasteiger partial charge on any atom is 0.138 e. The number of aryl methyl sites for hydroxylation is 1. The summed E-state index contributed by atoms with van der Waals surface area (Å²) in [6.45, 7) is 2.22. The van der Waals surface area contributed by atoms with Gasteiger partial charge in [-0.25, -0.2) is 4.98 Å². The third kappa shape index (κ3) is 2.13. The Kier molecular flexibility index (Phi) is 2.95. The number of hydrogen-bond acceptors (Lipinski definition) is 1. The van der Waals surface area contributed by atoms with E-state index in [2.05, 4.69) is 45.6 Å². The average Bonchev–Trinajstić information content (AvgIpc) is 3.13. The minimum Gasteiger partial charge on any atom is -0.294 e. The molecule has 0 bridgehead atoms. The van der Waals surface area contributed by atoms with E-state index < -0.39 is 0 Å². The van der Waals surface area contributed by atoms with Crippen LogP contribution in [-0.4, -0.2) is 9.38 Å². The Morgan fingerprint density at radius 2 is 2.29 bits per heavy atom. The van der Waals surface area contributed by atoms with Crippen LogP contribution in [0.25, 0.3) is 5.65 Å². The molecule has 1 saturated carbocycles. The van der Waals surface area contributed by atoms with Gasteiger partial charge in [0.25, 0.3) is 0 Å². The van der Waals surface area contributed by atoms with Gasteiger partial charge in [0.05, 0.1) is 5.69 Å². The highest BCUT2D eigenvalue weighted by Gasteiger charge is 2.24. The quantitative estimate of drug-likeness (QED) is 0.820. The van der Waals surface area contributed by atoms with Crippen molar-refractivity contribution in [3.63, 3.8) is 0 Å². The van der Waals surface area contributed by atoms with Crippen LogP contribution in [0.4, 0.5) is 0 Å². The van der Waals surface area contributed by atoms with Crippen molar-refractivity contribution in [2.45, 2.75) is 44.9 Å². The number of halogens is 1. The summed E-state index contributed by atoms with van der Waals surface area (Å²) in [4.78, 5) is 4.74. The number of hydrogen-bond donors (Lipinski definition) is 0. The topological polar surface area (TPSA) is 17.3 Å². The number of nitrogens with zero attached hydrogens (tertiary/aromatic N) is 2. The molecule has 0 amide bonds. The summed E-state index contributed by atoms with van der Waals surface area (Å²) in [7, 11) is 0. The van der Waals surface area contributed by atoms with E-state index in [1.165, 1.54) is 36.9 Å². The molecule has 1 fully saturated rings. The van der Waals surface area contributed by atoms with E-state index in [-0.39, 0.29) is 0 Å². The van der Waals surface area contributed by atoms with Gasteiger partial charge in [-0.2, -0.15) is 0 Å². The molecule has 3 heteroatoms. The van der Waals surface area contributed by atoms with E-state index in [1.807, 2.05) is 0 Å².